The molecule has 2 aromatic carbocycles. The molecule has 7 nitrogen and oxygen atoms in total. The van der Waals surface area contributed by atoms with E-state index in [2.05, 4.69) is 15.6 Å². The van der Waals surface area contributed by atoms with Gasteiger partial charge in [0.15, 0.2) is 0 Å². The highest BCUT2D eigenvalue weighted by Crippen LogP contribution is 2.11. The lowest BCUT2D eigenvalue weighted by Crippen LogP contribution is -2.37. The SMILES string of the molecule is Cc1cccc2c(=O)n(CCC(=O)NCC(=O)NCc3ccccc3)cnc12. The number of carbonyl (C=O) groups is 2. The van der Waals surface area contributed by atoms with Crippen LogP contribution in [-0.4, -0.2) is 27.9 Å². The molecule has 2 N–H and O–H groups in total. The van der Waals surface area contributed by atoms with Gasteiger partial charge in [-0.25, -0.2) is 4.98 Å². The van der Waals surface area contributed by atoms with Gasteiger partial charge in [0.2, 0.25) is 11.8 Å². The third-order valence-corrected chi connectivity index (χ3v) is 4.41. The highest BCUT2D eigenvalue weighted by Gasteiger charge is 2.09. The van der Waals surface area contributed by atoms with Gasteiger partial charge in [-0.2, -0.15) is 0 Å². The highest BCUT2D eigenvalue weighted by atomic mass is 16.2. The zero-order valence-corrected chi connectivity index (χ0v) is 15.6. The van der Waals surface area contributed by atoms with Gasteiger partial charge in [0.1, 0.15) is 0 Å². The van der Waals surface area contributed by atoms with Crippen LogP contribution in [-0.2, 0) is 22.7 Å². The molecule has 2 amide bonds. The number of hydrogen-bond acceptors (Lipinski definition) is 4. The molecule has 1 heterocycles. The largest absolute Gasteiger partial charge is 0.350 e. The molecule has 0 radical (unpaired) electrons. The summed E-state index contributed by atoms with van der Waals surface area (Å²) in [6.45, 7) is 2.41. The topological polar surface area (TPSA) is 93.1 Å². The number of rotatable bonds is 7. The molecule has 0 aliphatic rings. The lowest BCUT2D eigenvalue weighted by Gasteiger charge is -2.09. The Morgan fingerprint density at radius 1 is 1.00 bits per heavy atom. The normalized spacial score (nSPS) is 10.6. The van der Waals surface area contributed by atoms with Gasteiger partial charge in [-0.15, -0.1) is 0 Å². The van der Waals surface area contributed by atoms with Crippen LogP contribution in [0.5, 0.6) is 0 Å². The fourth-order valence-corrected chi connectivity index (χ4v) is 2.85. The molecule has 144 valence electrons. The molecule has 3 aromatic rings. The van der Waals surface area contributed by atoms with Crippen molar-refractivity contribution in [3.05, 3.63) is 76.3 Å². The third-order valence-electron chi connectivity index (χ3n) is 4.41. The summed E-state index contributed by atoms with van der Waals surface area (Å²) in [7, 11) is 0. The molecule has 0 fully saturated rings. The Hall–Kier alpha value is -3.48. The van der Waals surface area contributed by atoms with Crippen molar-refractivity contribution in [3.8, 4) is 0 Å². The zero-order chi connectivity index (χ0) is 19.9. The second-order valence-electron chi connectivity index (χ2n) is 6.50. The maximum Gasteiger partial charge on any atom is 0.261 e. The summed E-state index contributed by atoms with van der Waals surface area (Å²) >= 11 is 0. The van der Waals surface area contributed by atoms with Gasteiger partial charge in [-0.1, -0.05) is 42.5 Å². The van der Waals surface area contributed by atoms with E-state index in [4.69, 9.17) is 0 Å². The fourth-order valence-electron chi connectivity index (χ4n) is 2.85. The van der Waals surface area contributed by atoms with Crippen molar-refractivity contribution in [2.75, 3.05) is 6.54 Å². The highest BCUT2D eigenvalue weighted by molar-refractivity contribution is 5.84. The Labute approximate surface area is 162 Å². The van der Waals surface area contributed by atoms with Crippen molar-refractivity contribution in [1.82, 2.24) is 20.2 Å². The van der Waals surface area contributed by atoms with Gasteiger partial charge in [-0.05, 0) is 24.1 Å². The number of hydrogen-bond donors (Lipinski definition) is 2. The van der Waals surface area contributed by atoms with Crippen molar-refractivity contribution < 1.29 is 9.59 Å². The van der Waals surface area contributed by atoms with Gasteiger partial charge in [0.05, 0.1) is 23.8 Å². The Morgan fingerprint density at radius 2 is 1.79 bits per heavy atom. The Morgan fingerprint density at radius 3 is 2.57 bits per heavy atom. The molecule has 0 unspecified atom stereocenters. The van der Waals surface area contributed by atoms with Gasteiger partial charge < -0.3 is 10.6 Å². The quantitative estimate of drug-likeness (QED) is 0.652. The van der Waals surface area contributed by atoms with Crippen molar-refractivity contribution in [2.24, 2.45) is 0 Å². The van der Waals surface area contributed by atoms with Gasteiger partial charge >= 0.3 is 0 Å². The van der Waals surface area contributed by atoms with Crippen LogP contribution in [0.3, 0.4) is 0 Å². The first-order valence-corrected chi connectivity index (χ1v) is 9.06. The van der Waals surface area contributed by atoms with Crippen LogP contribution in [0.15, 0.2) is 59.7 Å². The Bertz CT molecular complexity index is 1040. The van der Waals surface area contributed by atoms with E-state index in [1.165, 1.54) is 10.9 Å². The smallest absolute Gasteiger partial charge is 0.261 e. The van der Waals surface area contributed by atoms with Crippen molar-refractivity contribution >= 4 is 22.7 Å². The number of aromatic nitrogens is 2. The number of fused-ring (bicyclic) bond motifs is 1. The first-order chi connectivity index (χ1) is 13.5. The molecule has 7 heteroatoms. The molecular formula is C21H22N4O3. The fraction of sp³-hybridized carbons (Fsp3) is 0.238. The molecule has 28 heavy (non-hydrogen) atoms. The summed E-state index contributed by atoms with van der Waals surface area (Å²) < 4.78 is 1.41. The van der Waals surface area contributed by atoms with E-state index in [-0.39, 0.29) is 36.9 Å². The van der Waals surface area contributed by atoms with Crippen molar-refractivity contribution in [3.63, 3.8) is 0 Å². The number of nitrogens with zero attached hydrogens (tertiary/aromatic N) is 2. The van der Waals surface area contributed by atoms with E-state index >= 15 is 0 Å². The zero-order valence-electron chi connectivity index (χ0n) is 15.6. The van der Waals surface area contributed by atoms with E-state index < -0.39 is 0 Å². The summed E-state index contributed by atoms with van der Waals surface area (Å²) in [5.41, 5.74) is 2.41. The van der Waals surface area contributed by atoms with Crippen LogP contribution in [0.2, 0.25) is 0 Å². The Balaban J connectivity index is 1.48. The second kappa shape index (κ2) is 8.94. The number of carbonyl (C=O) groups excluding carboxylic acids is 2. The van der Waals surface area contributed by atoms with Crippen LogP contribution >= 0.6 is 0 Å². The molecular weight excluding hydrogens is 356 g/mol. The lowest BCUT2D eigenvalue weighted by molar-refractivity contribution is -0.126. The van der Waals surface area contributed by atoms with Gasteiger partial charge in [0.25, 0.3) is 5.56 Å². The molecule has 1 aromatic heterocycles. The van der Waals surface area contributed by atoms with E-state index in [9.17, 15) is 14.4 Å². The van der Waals surface area contributed by atoms with E-state index in [1.807, 2.05) is 49.4 Å². The van der Waals surface area contributed by atoms with Crippen LogP contribution in [0.4, 0.5) is 0 Å². The number of aryl methyl sites for hydroxylation is 2. The van der Waals surface area contributed by atoms with E-state index in [0.717, 1.165) is 11.1 Å². The minimum Gasteiger partial charge on any atom is -0.350 e. The predicted octanol–water partition coefficient (Wildman–Crippen LogP) is 1.53. The third kappa shape index (κ3) is 4.82. The maximum absolute atomic E-state index is 12.5. The maximum atomic E-state index is 12.5. The minimum absolute atomic E-state index is 0.0882. The molecule has 0 atom stereocenters. The second-order valence-corrected chi connectivity index (χ2v) is 6.50. The summed E-state index contributed by atoms with van der Waals surface area (Å²) in [6.07, 6.45) is 1.54. The molecule has 3 rings (SSSR count). The Kier molecular flexibility index (Phi) is 6.16. The number of nitrogens with one attached hydrogen (secondary N) is 2. The first-order valence-electron chi connectivity index (χ1n) is 9.06. The summed E-state index contributed by atoms with van der Waals surface area (Å²) in [5.74, 6) is -0.566. The standard InChI is InChI=1S/C21H22N4O3/c1-15-6-5-9-17-20(15)24-14-25(21(17)28)11-10-18(26)23-13-19(27)22-12-16-7-3-2-4-8-16/h2-9,14H,10-13H2,1H3,(H,22,27)(H,23,26). The molecule has 0 saturated carbocycles. The molecule has 0 aliphatic heterocycles. The predicted molar refractivity (Wildman–Crippen MR) is 107 cm³/mol. The number of para-hydroxylation sites is 1. The molecule has 0 saturated heterocycles. The molecule has 0 bridgehead atoms. The monoisotopic (exact) mass is 378 g/mol. The molecule has 0 aliphatic carbocycles. The number of benzene rings is 2. The lowest BCUT2D eigenvalue weighted by atomic mass is 10.1. The average molecular weight is 378 g/mol. The minimum atomic E-state index is -0.300. The van der Waals surface area contributed by atoms with E-state index in [1.54, 1.807) is 6.07 Å². The summed E-state index contributed by atoms with van der Waals surface area (Å²) in [6, 6.07) is 15.0. The van der Waals surface area contributed by atoms with Crippen molar-refractivity contribution in [2.45, 2.75) is 26.4 Å². The van der Waals surface area contributed by atoms with Crippen LogP contribution in [0, 0.1) is 6.92 Å². The van der Waals surface area contributed by atoms with Gasteiger partial charge in [-0.3, -0.25) is 19.0 Å². The molecule has 0 spiro atoms. The van der Waals surface area contributed by atoms with Gasteiger partial charge in [0, 0.05) is 19.5 Å². The first kappa shape index (κ1) is 19.3. The summed E-state index contributed by atoms with van der Waals surface area (Å²) in [4.78, 5) is 40.7. The average Bonchev–Trinajstić information content (AvgIpc) is 2.71. The number of amides is 2. The van der Waals surface area contributed by atoms with Crippen LogP contribution < -0.4 is 16.2 Å². The summed E-state index contributed by atoms with van der Waals surface area (Å²) in [5, 5.41) is 5.84. The van der Waals surface area contributed by atoms with Crippen LogP contribution in [0.25, 0.3) is 10.9 Å². The van der Waals surface area contributed by atoms with Crippen LogP contribution in [0.1, 0.15) is 17.5 Å². The van der Waals surface area contributed by atoms with E-state index in [0.29, 0.717) is 17.4 Å². The van der Waals surface area contributed by atoms with Crippen molar-refractivity contribution in [1.29, 1.82) is 0 Å².